The Morgan fingerprint density at radius 1 is 1.32 bits per heavy atom. The van der Waals surface area contributed by atoms with Crippen LogP contribution in [0.1, 0.15) is 31.9 Å². The fourth-order valence-corrected chi connectivity index (χ4v) is 2.86. The lowest BCUT2D eigenvalue weighted by atomic mass is 10.1. The molecule has 122 valence electrons. The lowest BCUT2D eigenvalue weighted by Crippen LogP contribution is -2.46. The van der Waals surface area contributed by atoms with Crippen molar-refractivity contribution < 1.29 is 14.6 Å². The largest absolute Gasteiger partial charge is 0.378 e. The first-order valence-electron chi connectivity index (χ1n) is 7.95. The van der Waals surface area contributed by atoms with E-state index in [1.54, 1.807) is 12.1 Å². The predicted octanol–water partition coefficient (Wildman–Crippen LogP) is 1.34. The van der Waals surface area contributed by atoms with Gasteiger partial charge in [0.25, 0.3) is 5.91 Å². The molecule has 1 heterocycles. The molecule has 0 spiro atoms. The minimum absolute atomic E-state index is 0.262. The molecule has 2 N–H and O–H groups in total. The standard InChI is InChI=1S/C17H26N2O3/c1-13-11-19(12-14(2)22-13)10-6-9-18-17(21)16(20)15-7-4-3-5-8-15/h3-5,7-8,13-14,16,20H,6,9-12H2,1-2H3,(H,18,21). The minimum Gasteiger partial charge on any atom is -0.378 e. The van der Waals surface area contributed by atoms with E-state index in [1.807, 2.05) is 18.2 Å². The summed E-state index contributed by atoms with van der Waals surface area (Å²) in [5.74, 6) is -0.338. The summed E-state index contributed by atoms with van der Waals surface area (Å²) in [7, 11) is 0. The molecule has 0 saturated carbocycles. The number of rotatable bonds is 6. The van der Waals surface area contributed by atoms with Gasteiger partial charge in [-0.05, 0) is 25.8 Å². The van der Waals surface area contributed by atoms with Gasteiger partial charge in [0.05, 0.1) is 12.2 Å². The average Bonchev–Trinajstić information content (AvgIpc) is 2.50. The summed E-state index contributed by atoms with van der Waals surface area (Å²) < 4.78 is 5.70. The number of ether oxygens (including phenoxy) is 1. The van der Waals surface area contributed by atoms with Crippen LogP contribution in [0.4, 0.5) is 0 Å². The Hall–Kier alpha value is -1.43. The van der Waals surface area contributed by atoms with Crippen molar-refractivity contribution in [2.75, 3.05) is 26.2 Å². The first-order chi connectivity index (χ1) is 10.6. The Bertz CT molecular complexity index is 456. The van der Waals surface area contributed by atoms with Crippen LogP contribution in [0.2, 0.25) is 0 Å². The second kappa shape index (κ2) is 8.27. The highest BCUT2D eigenvalue weighted by atomic mass is 16.5. The lowest BCUT2D eigenvalue weighted by Gasteiger charge is -2.35. The van der Waals surface area contributed by atoms with Crippen LogP contribution in [-0.2, 0) is 9.53 Å². The van der Waals surface area contributed by atoms with Crippen LogP contribution in [0.5, 0.6) is 0 Å². The molecule has 5 heteroatoms. The number of benzene rings is 1. The lowest BCUT2D eigenvalue weighted by molar-refractivity contribution is -0.129. The summed E-state index contributed by atoms with van der Waals surface area (Å²) in [5.41, 5.74) is 0.621. The Kier molecular flexibility index (Phi) is 6.36. The summed E-state index contributed by atoms with van der Waals surface area (Å²) in [4.78, 5) is 14.3. The normalized spacial score (nSPS) is 24.0. The van der Waals surface area contributed by atoms with Gasteiger partial charge in [-0.3, -0.25) is 9.69 Å². The zero-order valence-corrected chi connectivity index (χ0v) is 13.4. The third-order valence-corrected chi connectivity index (χ3v) is 3.81. The number of amides is 1. The van der Waals surface area contributed by atoms with Crippen molar-refractivity contribution in [1.29, 1.82) is 0 Å². The summed E-state index contributed by atoms with van der Waals surface area (Å²) in [6, 6.07) is 8.99. The fraction of sp³-hybridized carbons (Fsp3) is 0.588. The molecule has 1 amide bonds. The molecule has 3 atom stereocenters. The van der Waals surface area contributed by atoms with Crippen LogP contribution in [-0.4, -0.2) is 54.3 Å². The van der Waals surface area contributed by atoms with E-state index in [-0.39, 0.29) is 18.1 Å². The molecule has 2 rings (SSSR count). The van der Waals surface area contributed by atoms with Crippen molar-refractivity contribution in [2.45, 2.75) is 38.6 Å². The van der Waals surface area contributed by atoms with E-state index in [0.717, 1.165) is 26.1 Å². The van der Waals surface area contributed by atoms with Gasteiger partial charge in [0, 0.05) is 26.2 Å². The zero-order valence-electron chi connectivity index (χ0n) is 13.4. The highest BCUT2D eigenvalue weighted by Crippen LogP contribution is 2.12. The van der Waals surface area contributed by atoms with Crippen LogP contribution in [0, 0.1) is 0 Å². The van der Waals surface area contributed by atoms with Gasteiger partial charge < -0.3 is 15.2 Å². The van der Waals surface area contributed by atoms with Gasteiger partial charge in [-0.25, -0.2) is 0 Å². The smallest absolute Gasteiger partial charge is 0.253 e. The molecule has 1 aromatic carbocycles. The van der Waals surface area contributed by atoms with Crippen molar-refractivity contribution in [3.63, 3.8) is 0 Å². The van der Waals surface area contributed by atoms with Crippen molar-refractivity contribution in [1.82, 2.24) is 10.2 Å². The third-order valence-electron chi connectivity index (χ3n) is 3.81. The second-order valence-electron chi connectivity index (χ2n) is 5.97. The van der Waals surface area contributed by atoms with Crippen molar-refractivity contribution in [3.8, 4) is 0 Å². The van der Waals surface area contributed by atoms with E-state index in [4.69, 9.17) is 4.74 Å². The van der Waals surface area contributed by atoms with Crippen LogP contribution in [0.25, 0.3) is 0 Å². The topological polar surface area (TPSA) is 61.8 Å². The van der Waals surface area contributed by atoms with E-state index in [2.05, 4.69) is 24.1 Å². The molecule has 1 aromatic rings. The fourth-order valence-electron chi connectivity index (χ4n) is 2.86. The number of nitrogens with one attached hydrogen (secondary N) is 1. The van der Waals surface area contributed by atoms with Crippen LogP contribution >= 0.6 is 0 Å². The Morgan fingerprint density at radius 2 is 1.95 bits per heavy atom. The summed E-state index contributed by atoms with van der Waals surface area (Å²) in [6.45, 7) is 7.54. The first kappa shape index (κ1) is 16.9. The number of aliphatic hydroxyl groups is 1. The monoisotopic (exact) mass is 306 g/mol. The third kappa shape index (κ3) is 5.09. The number of hydrogen-bond acceptors (Lipinski definition) is 4. The van der Waals surface area contributed by atoms with E-state index in [0.29, 0.717) is 12.1 Å². The van der Waals surface area contributed by atoms with Gasteiger partial charge in [0.1, 0.15) is 0 Å². The number of nitrogens with zero attached hydrogens (tertiary/aromatic N) is 1. The number of carbonyl (C=O) groups is 1. The van der Waals surface area contributed by atoms with Gasteiger partial charge in [0.2, 0.25) is 0 Å². The van der Waals surface area contributed by atoms with Gasteiger partial charge in [-0.15, -0.1) is 0 Å². The van der Waals surface area contributed by atoms with Gasteiger partial charge in [-0.2, -0.15) is 0 Å². The van der Waals surface area contributed by atoms with E-state index < -0.39 is 6.10 Å². The first-order valence-corrected chi connectivity index (χ1v) is 7.95. The molecule has 22 heavy (non-hydrogen) atoms. The molecular formula is C17H26N2O3. The summed E-state index contributed by atoms with van der Waals surface area (Å²) in [6.07, 6.45) is 0.299. The number of morpholine rings is 1. The van der Waals surface area contributed by atoms with Crippen LogP contribution < -0.4 is 5.32 Å². The van der Waals surface area contributed by atoms with E-state index >= 15 is 0 Å². The second-order valence-corrected chi connectivity index (χ2v) is 5.97. The van der Waals surface area contributed by atoms with E-state index in [1.165, 1.54) is 0 Å². The number of carbonyl (C=O) groups excluding carboxylic acids is 1. The molecule has 1 fully saturated rings. The van der Waals surface area contributed by atoms with Gasteiger partial charge >= 0.3 is 0 Å². The zero-order chi connectivity index (χ0) is 15.9. The average molecular weight is 306 g/mol. The Balaban J connectivity index is 1.67. The van der Waals surface area contributed by atoms with Crippen molar-refractivity contribution in [3.05, 3.63) is 35.9 Å². The molecule has 1 saturated heterocycles. The maximum Gasteiger partial charge on any atom is 0.253 e. The maximum atomic E-state index is 11.9. The minimum atomic E-state index is -1.09. The van der Waals surface area contributed by atoms with Gasteiger partial charge in [-0.1, -0.05) is 30.3 Å². The highest BCUT2D eigenvalue weighted by Gasteiger charge is 2.21. The Labute approximate surface area is 132 Å². The van der Waals surface area contributed by atoms with Crippen molar-refractivity contribution in [2.24, 2.45) is 0 Å². The predicted molar refractivity (Wildman–Crippen MR) is 85.5 cm³/mol. The summed E-state index contributed by atoms with van der Waals surface area (Å²) >= 11 is 0. The maximum absolute atomic E-state index is 11.9. The number of aliphatic hydroxyl groups excluding tert-OH is 1. The summed E-state index contributed by atoms with van der Waals surface area (Å²) in [5, 5.41) is 12.8. The molecule has 0 aromatic heterocycles. The molecule has 5 nitrogen and oxygen atoms in total. The molecule has 1 aliphatic rings. The van der Waals surface area contributed by atoms with Crippen molar-refractivity contribution >= 4 is 5.91 Å². The molecule has 1 aliphatic heterocycles. The molecular weight excluding hydrogens is 280 g/mol. The molecule has 3 unspecified atom stereocenters. The van der Waals surface area contributed by atoms with Gasteiger partial charge in [0.15, 0.2) is 6.10 Å². The van der Waals surface area contributed by atoms with Crippen LogP contribution in [0.3, 0.4) is 0 Å². The molecule has 0 radical (unpaired) electrons. The molecule has 0 aliphatic carbocycles. The number of hydrogen-bond donors (Lipinski definition) is 2. The van der Waals surface area contributed by atoms with E-state index in [9.17, 15) is 9.90 Å². The highest BCUT2D eigenvalue weighted by molar-refractivity contribution is 5.81. The Morgan fingerprint density at radius 3 is 2.59 bits per heavy atom. The molecule has 0 bridgehead atoms. The SMILES string of the molecule is CC1CN(CCCNC(=O)C(O)c2ccccc2)CC(C)O1. The quantitative estimate of drug-likeness (QED) is 0.779. The van der Waals surface area contributed by atoms with Crippen LogP contribution in [0.15, 0.2) is 30.3 Å².